The first-order chi connectivity index (χ1) is 18.7. The van der Waals surface area contributed by atoms with E-state index < -0.39 is 0 Å². The van der Waals surface area contributed by atoms with E-state index in [4.69, 9.17) is 0 Å². The number of aromatic nitrogens is 6. The van der Waals surface area contributed by atoms with Crippen LogP contribution in [0.5, 0.6) is 0 Å². The molecule has 0 aliphatic heterocycles. The first-order valence-electron chi connectivity index (χ1n) is 12.1. The van der Waals surface area contributed by atoms with E-state index in [-0.39, 0.29) is 5.56 Å². The topological polar surface area (TPSA) is 86.5 Å². The molecule has 0 radical (unpaired) electrons. The van der Waals surface area contributed by atoms with Crippen molar-refractivity contribution in [2.75, 3.05) is 0 Å². The predicted octanol–water partition coefficient (Wildman–Crippen LogP) is 5.39. The highest BCUT2D eigenvalue weighted by atomic mass is 16.1. The van der Waals surface area contributed by atoms with Gasteiger partial charge in [-0.2, -0.15) is 0 Å². The molecule has 38 heavy (non-hydrogen) atoms. The van der Waals surface area contributed by atoms with Gasteiger partial charge in [-0.25, -0.2) is 9.97 Å². The SMILES string of the molecule is O=c1c(Cc2cccnc2)nc2cccnc2n1-c1cccc(-c2cncc(C=Cc3ccncc3)c2)c1. The fourth-order valence-electron chi connectivity index (χ4n) is 4.32. The van der Waals surface area contributed by atoms with E-state index in [1.165, 1.54) is 0 Å². The zero-order valence-corrected chi connectivity index (χ0v) is 20.3. The molecule has 7 nitrogen and oxygen atoms in total. The highest BCUT2D eigenvalue weighted by molar-refractivity contribution is 5.75. The van der Waals surface area contributed by atoms with Crippen LogP contribution in [-0.2, 0) is 6.42 Å². The van der Waals surface area contributed by atoms with Gasteiger partial charge in [0.25, 0.3) is 5.56 Å². The molecule has 0 amide bonds. The van der Waals surface area contributed by atoms with Gasteiger partial charge in [0.05, 0.1) is 5.69 Å². The number of nitrogens with zero attached hydrogens (tertiary/aromatic N) is 6. The summed E-state index contributed by atoms with van der Waals surface area (Å²) in [4.78, 5) is 35.5. The minimum Gasteiger partial charge on any atom is -0.267 e. The third-order valence-corrected chi connectivity index (χ3v) is 6.15. The molecule has 0 atom stereocenters. The van der Waals surface area contributed by atoms with Gasteiger partial charge in [-0.3, -0.25) is 24.3 Å². The molecule has 5 aromatic heterocycles. The minimum atomic E-state index is -0.204. The van der Waals surface area contributed by atoms with Crippen molar-refractivity contribution in [3.63, 3.8) is 0 Å². The molecule has 0 unspecified atom stereocenters. The smallest absolute Gasteiger partial charge is 0.267 e. The van der Waals surface area contributed by atoms with E-state index in [1.807, 2.05) is 85.2 Å². The minimum absolute atomic E-state index is 0.204. The Labute approximate surface area is 218 Å². The van der Waals surface area contributed by atoms with Crippen LogP contribution >= 0.6 is 0 Å². The molecule has 5 heterocycles. The van der Waals surface area contributed by atoms with Gasteiger partial charge in [0.2, 0.25) is 0 Å². The summed E-state index contributed by atoms with van der Waals surface area (Å²) in [6, 6.07) is 21.3. The second-order valence-electron chi connectivity index (χ2n) is 8.75. The summed E-state index contributed by atoms with van der Waals surface area (Å²) in [6.07, 6.45) is 16.7. The Bertz CT molecular complexity index is 1810. The second kappa shape index (κ2) is 10.4. The Morgan fingerprint density at radius 1 is 0.711 bits per heavy atom. The summed E-state index contributed by atoms with van der Waals surface area (Å²) >= 11 is 0. The average molecular weight is 495 g/mol. The summed E-state index contributed by atoms with van der Waals surface area (Å²) in [6.45, 7) is 0. The van der Waals surface area contributed by atoms with E-state index in [9.17, 15) is 4.79 Å². The Morgan fingerprint density at radius 2 is 1.58 bits per heavy atom. The van der Waals surface area contributed by atoms with Gasteiger partial charge in [-0.15, -0.1) is 0 Å². The number of fused-ring (bicyclic) bond motifs is 1. The lowest BCUT2D eigenvalue weighted by Gasteiger charge is -2.13. The van der Waals surface area contributed by atoms with Crippen molar-refractivity contribution in [1.82, 2.24) is 29.5 Å². The second-order valence-corrected chi connectivity index (χ2v) is 8.75. The molecule has 182 valence electrons. The first-order valence-corrected chi connectivity index (χ1v) is 12.1. The van der Waals surface area contributed by atoms with Crippen LogP contribution in [0.15, 0.2) is 115 Å². The van der Waals surface area contributed by atoms with Gasteiger partial charge in [0.1, 0.15) is 11.2 Å². The summed E-state index contributed by atoms with van der Waals surface area (Å²) in [5.41, 5.74) is 6.94. The summed E-state index contributed by atoms with van der Waals surface area (Å²) < 4.78 is 1.64. The summed E-state index contributed by atoms with van der Waals surface area (Å²) in [5, 5.41) is 0. The first kappa shape index (κ1) is 23.1. The van der Waals surface area contributed by atoms with Crippen LogP contribution in [-0.4, -0.2) is 29.5 Å². The Kier molecular flexibility index (Phi) is 6.30. The van der Waals surface area contributed by atoms with Gasteiger partial charge >= 0.3 is 0 Å². The zero-order valence-electron chi connectivity index (χ0n) is 20.3. The number of pyridine rings is 4. The third-order valence-electron chi connectivity index (χ3n) is 6.15. The number of rotatable bonds is 6. The molecule has 0 saturated carbocycles. The largest absolute Gasteiger partial charge is 0.278 e. The Balaban J connectivity index is 1.41. The van der Waals surface area contributed by atoms with Gasteiger partial charge < -0.3 is 0 Å². The normalized spacial score (nSPS) is 11.3. The van der Waals surface area contributed by atoms with Crippen LogP contribution in [0.25, 0.3) is 40.1 Å². The van der Waals surface area contributed by atoms with Crippen molar-refractivity contribution in [2.24, 2.45) is 0 Å². The molecule has 0 bridgehead atoms. The van der Waals surface area contributed by atoms with Gasteiger partial charge in [-0.05, 0) is 70.8 Å². The van der Waals surface area contributed by atoms with Crippen LogP contribution in [0.4, 0.5) is 0 Å². The van der Waals surface area contributed by atoms with Crippen molar-refractivity contribution in [3.05, 3.63) is 143 Å². The highest BCUT2D eigenvalue weighted by Gasteiger charge is 2.15. The summed E-state index contributed by atoms with van der Waals surface area (Å²) in [7, 11) is 0. The van der Waals surface area contributed by atoms with Gasteiger partial charge in [0, 0.05) is 55.4 Å². The zero-order chi connectivity index (χ0) is 25.7. The molecule has 6 rings (SSSR count). The van der Waals surface area contributed by atoms with Gasteiger partial charge in [0.15, 0.2) is 5.65 Å². The fraction of sp³-hybridized carbons (Fsp3) is 0.0323. The number of hydrogen-bond donors (Lipinski definition) is 0. The molecule has 1 aromatic carbocycles. The monoisotopic (exact) mass is 494 g/mol. The Hall–Kier alpha value is -5.30. The maximum Gasteiger partial charge on any atom is 0.278 e. The molecule has 7 heteroatoms. The maximum atomic E-state index is 13.7. The van der Waals surface area contributed by atoms with Crippen molar-refractivity contribution in [1.29, 1.82) is 0 Å². The third kappa shape index (κ3) is 4.85. The molecule has 0 aliphatic carbocycles. The van der Waals surface area contributed by atoms with E-state index in [0.717, 1.165) is 27.8 Å². The molecule has 0 fully saturated rings. The van der Waals surface area contributed by atoms with E-state index in [0.29, 0.717) is 29.0 Å². The van der Waals surface area contributed by atoms with Crippen LogP contribution in [0, 0.1) is 0 Å². The van der Waals surface area contributed by atoms with E-state index >= 15 is 0 Å². The Morgan fingerprint density at radius 3 is 2.45 bits per heavy atom. The predicted molar refractivity (Wildman–Crippen MR) is 149 cm³/mol. The summed E-state index contributed by atoms with van der Waals surface area (Å²) in [5.74, 6) is 0. The van der Waals surface area contributed by atoms with Crippen molar-refractivity contribution in [2.45, 2.75) is 6.42 Å². The molecule has 0 N–H and O–H groups in total. The van der Waals surface area contributed by atoms with Crippen molar-refractivity contribution in [3.8, 4) is 16.8 Å². The van der Waals surface area contributed by atoms with Crippen LogP contribution in [0.2, 0.25) is 0 Å². The van der Waals surface area contributed by atoms with Crippen molar-refractivity contribution >= 4 is 23.3 Å². The molecule has 6 aromatic rings. The molecule has 0 saturated heterocycles. The average Bonchev–Trinajstić information content (AvgIpc) is 2.98. The molecule has 0 aliphatic rings. The molecule has 0 spiro atoms. The lowest BCUT2D eigenvalue weighted by atomic mass is 10.0. The van der Waals surface area contributed by atoms with Crippen LogP contribution in [0.3, 0.4) is 0 Å². The molecular formula is C31H22N6O. The van der Waals surface area contributed by atoms with Crippen LogP contribution < -0.4 is 5.56 Å². The number of benzene rings is 1. The van der Waals surface area contributed by atoms with Crippen molar-refractivity contribution < 1.29 is 0 Å². The number of hydrogen-bond acceptors (Lipinski definition) is 6. The standard InChI is InChI=1S/C31H22N6O/c38-31-29(17-23-4-2-12-33-19-23)36-28-7-3-13-35-30(28)37(31)27-6-1-5-25(18-27)26-16-24(20-34-21-26)9-8-22-10-14-32-15-11-22/h1-16,18-21H,17H2. The van der Waals surface area contributed by atoms with Gasteiger partial charge in [-0.1, -0.05) is 30.4 Å². The lowest BCUT2D eigenvalue weighted by Crippen LogP contribution is -2.25. The van der Waals surface area contributed by atoms with E-state index in [2.05, 4.69) is 31.0 Å². The fourth-order valence-corrected chi connectivity index (χ4v) is 4.32. The quantitative estimate of drug-likeness (QED) is 0.308. The maximum absolute atomic E-state index is 13.7. The van der Waals surface area contributed by atoms with E-state index in [1.54, 1.807) is 35.6 Å². The van der Waals surface area contributed by atoms with Crippen LogP contribution in [0.1, 0.15) is 22.4 Å². The molecular weight excluding hydrogens is 472 g/mol. The lowest BCUT2D eigenvalue weighted by molar-refractivity contribution is 0.925. The highest BCUT2D eigenvalue weighted by Crippen LogP contribution is 2.24.